The molecule has 2 heterocycles. The number of benzene rings is 2. The number of carbonyl (C=O) groups excluding carboxylic acids is 2. The predicted octanol–water partition coefficient (Wildman–Crippen LogP) is 2.81. The van der Waals surface area contributed by atoms with Gasteiger partial charge < -0.3 is 15.1 Å². The summed E-state index contributed by atoms with van der Waals surface area (Å²) in [5.74, 6) is 0.181. The predicted molar refractivity (Wildman–Crippen MR) is 138 cm³/mol. The van der Waals surface area contributed by atoms with Crippen molar-refractivity contribution >= 4 is 34.8 Å². The van der Waals surface area contributed by atoms with Gasteiger partial charge in [0.25, 0.3) is 0 Å². The van der Waals surface area contributed by atoms with Gasteiger partial charge in [-0.25, -0.2) is 0 Å². The van der Waals surface area contributed by atoms with E-state index in [0.29, 0.717) is 26.2 Å². The molecular weight excluding hydrogens is 450 g/mol. The average Bonchev–Trinajstić information content (AvgIpc) is 2.86. The number of carbonyl (C=O) groups is 2. The van der Waals surface area contributed by atoms with Crippen molar-refractivity contribution in [3.63, 3.8) is 0 Å². The van der Waals surface area contributed by atoms with Crippen molar-refractivity contribution in [3.8, 4) is 0 Å². The van der Waals surface area contributed by atoms with Gasteiger partial charge in [0.1, 0.15) is 0 Å². The van der Waals surface area contributed by atoms with E-state index in [1.807, 2.05) is 53.4 Å². The zero-order valence-corrected chi connectivity index (χ0v) is 20.6. The molecule has 4 rings (SSSR count). The first-order valence-electron chi connectivity index (χ1n) is 12.1. The van der Waals surface area contributed by atoms with Gasteiger partial charge in [-0.05, 0) is 42.3 Å². The fraction of sp³-hybridized carbons (Fsp3) is 0.462. The van der Waals surface area contributed by atoms with Crippen LogP contribution in [0.15, 0.2) is 48.5 Å². The van der Waals surface area contributed by atoms with Gasteiger partial charge in [-0.2, -0.15) is 0 Å². The zero-order valence-electron chi connectivity index (χ0n) is 19.9. The third-order valence-corrected chi connectivity index (χ3v) is 6.94. The highest BCUT2D eigenvalue weighted by atomic mass is 35.5. The molecule has 2 amide bonds. The molecule has 0 spiro atoms. The Labute approximate surface area is 207 Å². The Kier molecular flexibility index (Phi) is 8.43. The summed E-state index contributed by atoms with van der Waals surface area (Å²) in [4.78, 5) is 34.0. The normalized spacial score (nSPS) is 17.6. The van der Waals surface area contributed by atoms with Crippen molar-refractivity contribution in [1.29, 1.82) is 0 Å². The number of halogens is 1. The molecular formula is C26H34ClN5O2. The first kappa shape index (κ1) is 24.5. The van der Waals surface area contributed by atoms with Crippen LogP contribution in [0.1, 0.15) is 12.5 Å². The standard InChI is InChI=1S/C26H34ClN5O2/c1-2-21-5-3-4-6-24(21)28-25(33)19-29-13-17-32(18-14-29)26(34)20-30-11-15-31(16-12-30)23-9-7-22(27)8-10-23/h3-10H,2,11-20H2,1H3,(H,28,33). The molecule has 0 atom stereocenters. The van der Waals surface area contributed by atoms with Crippen LogP contribution in [-0.2, 0) is 16.0 Å². The van der Waals surface area contributed by atoms with Gasteiger partial charge in [0.05, 0.1) is 13.1 Å². The zero-order chi connectivity index (χ0) is 23.9. The van der Waals surface area contributed by atoms with Crippen LogP contribution in [0.4, 0.5) is 11.4 Å². The summed E-state index contributed by atoms with van der Waals surface area (Å²) >= 11 is 5.99. The van der Waals surface area contributed by atoms with E-state index in [-0.39, 0.29) is 11.8 Å². The Bertz CT molecular complexity index is 967. The molecule has 2 aliphatic rings. The van der Waals surface area contributed by atoms with E-state index in [1.165, 1.54) is 5.69 Å². The minimum atomic E-state index is -0.000708. The molecule has 0 saturated carbocycles. The number of hydrogen-bond acceptors (Lipinski definition) is 5. The molecule has 2 fully saturated rings. The molecule has 0 unspecified atom stereocenters. The summed E-state index contributed by atoms with van der Waals surface area (Å²) in [5.41, 5.74) is 3.20. The molecule has 2 aromatic rings. The highest BCUT2D eigenvalue weighted by molar-refractivity contribution is 6.30. The molecule has 2 aromatic carbocycles. The van der Waals surface area contributed by atoms with E-state index in [4.69, 9.17) is 11.6 Å². The van der Waals surface area contributed by atoms with Crippen molar-refractivity contribution in [2.45, 2.75) is 13.3 Å². The highest BCUT2D eigenvalue weighted by Crippen LogP contribution is 2.19. The van der Waals surface area contributed by atoms with Gasteiger partial charge in [-0.15, -0.1) is 0 Å². The Morgan fingerprint density at radius 2 is 1.44 bits per heavy atom. The van der Waals surface area contributed by atoms with Crippen LogP contribution in [-0.4, -0.2) is 92.0 Å². The van der Waals surface area contributed by atoms with E-state index < -0.39 is 0 Å². The molecule has 0 aromatic heterocycles. The molecule has 8 heteroatoms. The third-order valence-electron chi connectivity index (χ3n) is 6.69. The molecule has 0 bridgehead atoms. The van der Waals surface area contributed by atoms with Crippen molar-refractivity contribution in [2.75, 3.05) is 75.7 Å². The molecule has 7 nitrogen and oxygen atoms in total. The number of aryl methyl sites for hydroxylation is 1. The smallest absolute Gasteiger partial charge is 0.238 e. The van der Waals surface area contributed by atoms with Gasteiger partial charge in [-0.1, -0.05) is 36.7 Å². The first-order chi connectivity index (χ1) is 16.5. The number of hydrogen-bond donors (Lipinski definition) is 1. The molecule has 1 N–H and O–H groups in total. The van der Waals surface area contributed by atoms with Gasteiger partial charge >= 0.3 is 0 Å². The third kappa shape index (κ3) is 6.50. The summed E-state index contributed by atoms with van der Waals surface area (Å²) in [7, 11) is 0. The van der Waals surface area contributed by atoms with E-state index in [1.54, 1.807) is 0 Å². The number of piperazine rings is 2. The summed E-state index contributed by atoms with van der Waals surface area (Å²) in [5, 5.41) is 3.78. The molecule has 2 aliphatic heterocycles. The Morgan fingerprint density at radius 1 is 0.824 bits per heavy atom. The summed E-state index contributed by atoms with van der Waals surface area (Å²) < 4.78 is 0. The van der Waals surface area contributed by atoms with E-state index in [0.717, 1.165) is 62.0 Å². The minimum absolute atomic E-state index is 0.000708. The van der Waals surface area contributed by atoms with Gasteiger partial charge in [-0.3, -0.25) is 19.4 Å². The second-order valence-corrected chi connectivity index (χ2v) is 9.39. The van der Waals surface area contributed by atoms with Crippen molar-refractivity contribution in [1.82, 2.24) is 14.7 Å². The molecule has 0 radical (unpaired) electrons. The maximum atomic E-state index is 12.9. The summed E-state index contributed by atoms with van der Waals surface area (Å²) in [6.07, 6.45) is 0.882. The monoisotopic (exact) mass is 483 g/mol. The lowest BCUT2D eigenvalue weighted by Crippen LogP contribution is -2.54. The van der Waals surface area contributed by atoms with Gasteiger partial charge in [0, 0.05) is 68.8 Å². The Morgan fingerprint density at radius 3 is 2.12 bits per heavy atom. The Balaban J connectivity index is 1.17. The minimum Gasteiger partial charge on any atom is -0.369 e. The number of nitrogens with zero attached hydrogens (tertiary/aromatic N) is 4. The fourth-order valence-electron chi connectivity index (χ4n) is 4.61. The summed E-state index contributed by atoms with van der Waals surface area (Å²) in [6, 6.07) is 15.8. The fourth-order valence-corrected chi connectivity index (χ4v) is 4.73. The van der Waals surface area contributed by atoms with Gasteiger partial charge in [0.2, 0.25) is 11.8 Å². The molecule has 0 aliphatic carbocycles. The van der Waals surface area contributed by atoms with Crippen LogP contribution in [0.25, 0.3) is 0 Å². The van der Waals surface area contributed by atoms with Crippen molar-refractivity contribution in [3.05, 3.63) is 59.1 Å². The van der Waals surface area contributed by atoms with E-state index >= 15 is 0 Å². The Hall–Kier alpha value is -2.61. The number of para-hydroxylation sites is 1. The van der Waals surface area contributed by atoms with Crippen LogP contribution < -0.4 is 10.2 Å². The van der Waals surface area contributed by atoms with Crippen LogP contribution in [0.5, 0.6) is 0 Å². The lowest BCUT2D eigenvalue weighted by atomic mass is 10.1. The van der Waals surface area contributed by atoms with Crippen LogP contribution >= 0.6 is 11.6 Å². The van der Waals surface area contributed by atoms with Crippen molar-refractivity contribution in [2.24, 2.45) is 0 Å². The number of nitrogens with one attached hydrogen (secondary N) is 1. The molecule has 182 valence electrons. The lowest BCUT2D eigenvalue weighted by Gasteiger charge is -2.38. The second kappa shape index (κ2) is 11.7. The average molecular weight is 484 g/mol. The number of anilines is 2. The molecule has 34 heavy (non-hydrogen) atoms. The quantitative estimate of drug-likeness (QED) is 0.656. The van der Waals surface area contributed by atoms with E-state index in [2.05, 4.69) is 26.9 Å². The molecule has 2 saturated heterocycles. The highest BCUT2D eigenvalue weighted by Gasteiger charge is 2.25. The van der Waals surface area contributed by atoms with Crippen LogP contribution in [0, 0.1) is 0 Å². The number of amides is 2. The second-order valence-electron chi connectivity index (χ2n) is 8.96. The first-order valence-corrected chi connectivity index (χ1v) is 12.5. The van der Waals surface area contributed by atoms with Crippen LogP contribution in [0.2, 0.25) is 5.02 Å². The largest absolute Gasteiger partial charge is 0.369 e. The van der Waals surface area contributed by atoms with Gasteiger partial charge in [0.15, 0.2) is 0 Å². The lowest BCUT2D eigenvalue weighted by molar-refractivity contribution is -0.134. The van der Waals surface area contributed by atoms with E-state index in [9.17, 15) is 9.59 Å². The maximum Gasteiger partial charge on any atom is 0.238 e. The maximum absolute atomic E-state index is 12.9. The number of rotatable bonds is 7. The summed E-state index contributed by atoms with van der Waals surface area (Å²) in [6.45, 7) is 9.22. The van der Waals surface area contributed by atoms with Crippen molar-refractivity contribution < 1.29 is 9.59 Å². The van der Waals surface area contributed by atoms with Crippen LogP contribution in [0.3, 0.4) is 0 Å². The SMILES string of the molecule is CCc1ccccc1NC(=O)CN1CCN(C(=O)CN2CCN(c3ccc(Cl)cc3)CC2)CC1. The topological polar surface area (TPSA) is 59.1 Å².